The summed E-state index contributed by atoms with van der Waals surface area (Å²) in [5.41, 5.74) is 5.53. The maximum Gasteiger partial charge on any atom is 0.307 e. The molecule has 1 aliphatic carbocycles. The molecule has 2 saturated heterocycles. The first kappa shape index (κ1) is 27.7. The van der Waals surface area contributed by atoms with Gasteiger partial charge in [-0.05, 0) is 86.8 Å². The highest BCUT2D eigenvalue weighted by Gasteiger charge is 2.46. The number of aliphatic hydroxyl groups excluding tert-OH is 1. The molecule has 3 aromatic rings. The van der Waals surface area contributed by atoms with Crippen LogP contribution >= 0.6 is 11.3 Å². The first-order valence-electron chi connectivity index (χ1n) is 14.5. The fraction of sp³-hybridized carbons (Fsp3) is 0.469. The van der Waals surface area contributed by atoms with Crippen molar-refractivity contribution in [2.24, 2.45) is 17.8 Å². The normalized spacial score (nSPS) is 24.0. The van der Waals surface area contributed by atoms with Crippen LogP contribution in [0.4, 0.5) is 5.13 Å². The van der Waals surface area contributed by atoms with Crippen molar-refractivity contribution in [3.8, 4) is 17.0 Å². The van der Waals surface area contributed by atoms with Crippen LogP contribution in [0.3, 0.4) is 0 Å². The van der Waals surface area contributed by atoms with Crippen LogP contribution in [-0.4, -0.2) is 64.3 Å². The monoisotopic (exact) mass is 575 g/mol. The van der Waals surface area contributed by atoms with Gasteiger partial charge in [-0.3, -0.25) is 9.59 Å². The molecule has 9 heteroatoms. The fourth-order valence-electron chi connectivity index (χ4n) is 6.75. The smallest absolute Gasteiger partial charge is 0.307 e. The summed E-state index contributed by atoms with van der Waals surface area (Å²) in [5, 5.41) is 22.6. The minimum Gasteiger partial charge on any atom is -0.488 e. The number of carboxylic acids is 1. The van der Waals surface area contributed by atoms with Gasteiger partial charge in [0.05, 0.1) is 17.7 Å². The van der Waals surface area contributed by atoms with E-state index < -0.39 is 12.1 Å². The standard InChI is InChI=1S/C32H37N3O5S/c1-19-5-10-28(40-17-24-9-6-21(13-20(24)2)30(37)34-11-3-4-25(36)16-34)26(12-19)27-18-41-32(33-27)35-14-22-7-8-23(15-35)29(22)31(38)39/h5-6,9-10,12-13,18,22-23,25,29,36H,3-4,7-8,11,14-17H2,1-2H3,(H,38,39)/t22-,23?,25+,29+/m1/s1. The van der Waals surface area contributed by atoms with Gasteiger partial charge in [-0.2, -0.15) is 0 Å². The molecule has 2 N–H and O–H groups in total. The number of aromatic nitrogens is 1. The highest BCUT2D eigenvalue weighted by atomic mass is 32.1. The Morgan fingerprint density at radius 1 is 1.05 bits per heavy atom. The number of hydrogen-bond acceptors (Lipinski definition) is 7. The third-order valence-electron chi connectivity index (χ3n) is 8.95. The number of carbonyl (C=O) groups excluding carboxylic acids is 1. The van der Waals surface area contributed by atoms with Gasteiger partial charge in [-0.25, -0.2) is 4.98 Å². The van der Waals surface area contributed by atoms with Crippen LogP contribution in [0.2, 0.25) is 0 Å². The number of ether oxygens (including phenoxy) is 1. The first-order chi connectivity index (χ1) is 19.8. The number of β-amino-alcohol motifs (C(OH)–C–C–N with tert-alkyl or cyclic N) is 1. The molecular weight excluding hydrogens is 538 g/mol. The van der Waals surface area contributed by atoms with E-state index in [4.69, 9.17) is 9.72 Å². The molecule has 1 aromatic heterocycles. The van der Waals surface area contributed by atoms with Gasteiger partial charge in [-0.1, -0.05) is 17.7 Å². The van der Waals surface area contributed by atoms with Crippen molar-refractivity contribution in [2.45, 2.75) is 52.2 Å². The number of aliphatic hydroxyl groups is 1. The van der Waals surface area contributed by atoms with Gasteiger partial charge in [-0.15, -0.1) is 11.3 Å². The Morgan fingerprint density at radius 2 is 1.83 bits per heavy atom. The van der Waals surface area contributed by atoms with Gasteiger partial charge in [0.25, 0.3) is 5.91 Å². The second-order valence-electron chi connectivity index (χ2n) is 11.9. The molecule has 0 spiro atoms. The highest BCUT2D eigenvalue weighted by Crippen LogP contribution is 2.44. The Labute approximate surface area is 244 Å². The molecule has 2 aliphatic heterocycles. The summed E-state index contributed by atoms with van der Waals surface area (Å²) in [6, 6.07) is 11.8. The summed E-state index contributed by atoms with van der Waals surface area (Å²) in [4.78, 5) is 33.7. The van der Waals surface area contributed by atoms with E-state index in [0.717, 1.165) is 77.6 Å². The number of likely N-dealkylation sites (tertiary alicyclic amines) is 1. The molecule has 1 unspecified atom stereocenters. The van der Waals surface area contributed by atoms with Crippen LogP contribution in [0, 0.1) is 31.6 Å². The van der Waals surface area contributed by atoms with Gasteiger partial charge in [0.1, 0.15) is 12.4 Å². The summed E-state index contributed by atoms with van der Waals surface area (Å²) in [6.45, 7) is 6.96. The van der Waals surface area contributed by atoms with E-state index in [1.807, 2.05) is 37.3 Å². The van der Waals surface area contributed by atoms with Gasteiger partial charge < -0.3 is 24.7 Å². The second kappa shape index (κ2) is 11.4. The molecule has 0 radical (unpaired) electrons. The van der Waals surface area contributed by atoms with E-state index in [2.05, 4.69) is 23.3 Å². The lowest BCUT2D eigenvalue weighted by atomic mass is 9.85. The third kappa shape index (κ3) is 5.70. The number of fused-ring (bicyclic) bond motifs is 2. The summed E-state index contributed by atoms with van der Waals surface area (Å²) >= 11 is 1.60. The number of aliphatic carboxylic acids is 1. The van der Waals surface area contributed by atoms with Crippen molar-refractivity contribution < 1.29 is 24.5 Å². The maximum atomic E-state index is 13.0. The number of rotatable bonds is 7. The molecule has 3 aliphatic rings. The Bertz CT molecular complexity index is 1440. The zero-order chi connectivity index (χ0) is 28.7. The molecule has 4 atom stereocenters. The number of amides is 1. The molecule has 3 heterocycles. The lowest BCUT2D eigenvalue weighted by Gasteiger charge is -2.35. The van der Waals surface area contributed by atoms with Crippen LogP contribution < -0.4 is 9.64 Å². The second-order valence-corrected chi connectivity index (χ2v) is 12.7. The van der Waals surface area contributed by atoms with Crippen LogP contribution in [0.5, 0.6) is 5.75 Å². The number of hydrogen-bond donors (Lipinski definition) is 2. The molecule has 3 fully saturated rings. The number of thiazole rings is 1. The number of carbonyl (C=O) groups is 2. The average molecular weight is 576 g/mol. The van der Waals surface area contributed by atoms with E-state index in [9.17, 15) is 19.8 Å². The van der Waals surface area contributed by atoms with Crippen LogP contribution in [0.25, 0.3) is 11.3 Å². The number of nitrogens with zero attached hydrogens (tertiary/aromatic N) is 3. The van der Waals surface area contributed by atoms with E-state index in [-0.39, 0.29) is 23.7 Å². The molecule has 2 bridgehead atoms. The average Bonchev–Trinajstić information content (AvgIpc) is 3.55. The first-order valence-corrected chi connectivity index (χ1v) is 15.4. The highest BCUT2D eigenvalue weighted by molar-refractivity contribution is 7.14. The maximum absolute atomic E-state index is 13.0. The molecule has 41 heavy (non-hydrogen) atoms. The lowest BCUT2D eigenvalue weighted by Crippen LogP contribution is -2.44. The van der Waals surface area contributed by atoms with Gasteiger partial charge in [0, 0.05) is 42.7 Å². The van der Waals surface area contributed by atoms with Crippen molar-refractivity contribution in [3.05, 3.63) is 64.0 Å². The molecule has 6 rings (SSSR count). The SMILES string of the molecule is Cc1ccc(OCc2ccc(C(=O)N3CCC[C@H](O)C3)cc2C)c(-c2csc(N3CC4CC[C@H](C3)[C@@H]4C(=O)O)n2)c1. The van der Waals surface area contributed by atoms with Crippen LogP contribution in [-0.2, 0) is 11.4 Å². The van der Waals surface area contributed by atoms with Crippen molar-refractivity contribution >= 4 is 28.3 Å². The van der Waals surface area contributed by atoms with Crippen molar-refractivity contribution in [2.75, 3.05) is 31.1 Å². The molecule has 2 aromatic carbocycles. The lowest BCUT2D eigenvalue weighted by molar-refractivity contribution is -0.144. The van der Waals surface area contributed by atoms with Crippen molar-refractivity contribution in [1.82, 2.24) is 9.88 Å². The third-order valence-corrected chi connectivity index (χ3v) is 9.85. The van der Waals surface area contributed by atoms with Gasteiger partial charge in [0.2, 0.25) is 0 Å². The van der Waals surface area contributed by atoms with Crippen molar-refractivity contribution in [3.63, 3.8) is 0 Å². The van der Waals surface area contributed by atoms with E-state index in [1.54, 1.807) is 16.2 Å². The molecule has 8 nitrogen and oxygen atoms in total. The molecule has 1 amide bonds. The van der Waals surface area contributed by atoms with Crippen LogP contribution in [0.15, 0.2) is 41.8 Å². The van der Waals surface area contributed by atoms with Crippen molar-refractivity contribution in [1.29, 1.82) is 0 Å². The van der Waals surface area contributed by atoms with Gasteiger partial charge in [0.15, 0.2) is 5.13 Å². The largest absolute Gasteiger partial charge is 0.488 e. The number of piperidine rings is 2. The zero-order valence-corrected chi connectivity index (χ0v) is 24.4. The topological polar surface area (TPSA) is 103 Å². The summed E-state index contributed by atoms with van der Waals surface area (Å²) < 4.78 is 6.34. The predicted octanol–water partition coefficient (Wildman–Crippen LogP) is 5.15. The summed E-state index contributed by atoms with van der Waals surface area (Å²) in [6.07, 6.45) is 3.07. The quantitative estimate of drug-likeness (QED) is 0.402. The Hall–Kier alpha value is -3.43. The Balaban J connectivity index is 1.16. The van der Waals surface area contributed by atoms with Gasteiger partial charge >= 0.3 is 5.97 Å². The summed E-state index contributed by atoms with van der Waals surface area (Å²) in [5.74, 6) is 0.201. The van der Waals surface area contributed by atoms with Crippen LogP contribution in [0.1, 0.15) is 52.7 Å². The Morgan fingerprint density at radius 3 is 2.54 bits per heavy atom. The number of anilines is 1. The number of aryl methyl sites for hydroxylation is 2. The number of carboxylic acid groups (broad SMARTS) is 1. The molecular formula is C32H37N3O5S. The predicted molar refractivity (Wildman–Crippen MR) is 158 cm³/mol. The van der Waals surface area contributed by atoms with E-state index in [1.165, 1.54) is 0 Å². The number of benzene rings is 2. The summed E-state index contributed by atoms with van der Waals surface area (Å²) in [7, 11) is 0. The minimum atomic E-state index is -0.656. The minimum absolute atomic E-state index is 0.0420. The van der Waals surface area contributed by atoms with E-state index >= 15 is 0 Å². The fourth-order valence-corrected chi connectivity index (χ4v) is 7.60. The molecule has 216 valence electrons. The molecule has 1 saturated carbocycles. The van der Waals surface area contributed by atoms with E-state index in [0.29, 0.717) is 25.3 Å². The Kier molecular flexibility index (Phi) is 7.74. The zero-order valence-electron chi connectivity index (χ0n) is 23.6.